The zero-order valence-corrected chi connectivity index (χ0v) is 16.7. The summed E-state index contributed by atoms with van der Waals surface area (Å²) >= 11 is 0. The highest BCUT2D eigenvalue weighted by molar-refractivity contribution is 5.94. The number of esters is 1. The van der Waals surface area contributed by atoms with Crippen molar-refractivity contribution in [1.82, 2.24) is 15.6 Å². The molecule has 156 valence electrons. The number of nitrogens with one attached hydrogen (secondary N) is 2. The van der Waals surface area contributed by atoms with Crippen molar-refractivity contribution in [2.24, 2.45) is 5.92 Å². The van der Waals surface area contributed by atoms with Crippen molar-refractivity contribution in [3.63, 3.8) is 0 Å². The Morgan fingerprint density at radius 3 is 2.46 bits per heavy atom. The normalized spacial score (nSPS) is 12.0. The molecule has 1 unspecified atom stereocenters. The molecular formula is C19H28FN3O5. The SMILES string of the molecule is COC(=O)C(CCCCNC(=O)OC(C)(C)C)CNC(=O)c1ccc(F)nc1. The van der Waals surface area contributed by atoms with E-state index in [1.807, 2.05) is 0 Å². The number of hydrogen-bond donors (Lipinski definition) is 2. The Hall–Kier alpha value is -2.71. The highest BCUT2D eigenvalue weighted by atomic mass is 19.1. The zero-order chi connectivity index (χ0) is 21.2. The summed E-state index contributed by atoms with van der Waals surface area (Å²) in [6, 6.07) is 2.40. The van der Waals surface area contributed by atoms with Gasteiger partial charge in [0, 0.05) is 19.3 Å². The lowest BCUT2D eigenvalue weighted by Gasteiger charge is -2.19. The number of halogens is 1. The van der Waals surface area contributed by atoms with Crippen molar-refractivity contribution in [2.45, 2.75) is 45.6 Å². The quantitative estimate of drug-likeness (QED) is 0.377. The highest BCUT2D eigenvalue weighted by Gasteiger charge is 2.20. The molecule has 28 heavy (non-hydrogen) atoms. The first kappa shape index (κ1) is 23.3. The summed E-state index contributed by atoms with van der Waals surface area (Å²) in [5.41, 5.74) is -0.357. The van der Waals surface area contributed by atoms with Crippen molar-refractivity contribution in [3.05, 3.63) is 29.8 Å². The predicted molar refractivity (Wildman–Crippen MR) is 100 cm³/mol. The number of carbonyl (C=O) groups is 3. The number of carbonyl (C=O) groups excluding carboxylic acids is 3. The summed E-state index contributed by atoms with van der Waals surface area (Å²) in [6.07, 6.45) is 2.40. The zero-order valence-electron chi connectivity index (χ0n) is 16.7. The molecule has 0 spiro atoms. The van der Waals surface area contributed by atoms with Crippen LogP contribution in [0.5, 0.6) is 0 Å². The molecule has 1 atom stereocenters. The molecule has 1 aromatic rings. The summed E-state index contributed by atoms with van der Waals surface area (Å²) in [6.45, 7) is 5.84. The van der Waals surface area contributed by atoms with Gasteiger partial charge in [-0.05, 0) is 45.7 Å². The van der Waals surface area contributed by atoms with Gasteiger partial charge in [0.2, 0.25) is 5.95 Å². The third-order valence-corrected chi connectivity index (χ3v) is 3.68. The molecule has 1 aromatic heterocycles. The van der Waals surface area contributed by atoms with Gasteiger partial charge >= 0.3 is 12.1 Å². The van der Waals surface area contributed by atoms with Gasteiger partial charge in [-0.25, -0.2) is 9.78 Å². The first-order chi connectivity index (χ1) is 13.1. The number of unbranched alkanes of at least 4 members (excludes halogenated alkanes) is 1. The van der Waals surface area contributed by atoms with Crippen LogP contribution in [0.25, 0.3) is 0 Å². The van der Waals surface area contributed by atoms with Crippen LogP contribution in [0.15, 0.2) is 18.3 Å². The predicted octanol–water partition coefficient (Wildman–Crippen LogP) is 2.43. The molecule has 0 radical (unpaired) electrons. The number of methoxy groups -OCH3 is 1. The Labute approximate surface area is 164 Å². The number of aromatic nitrogens is 1. The van der Waals surface area contributed by atoms with E-state index in [-0.39, 0.29) is 12.1 Å². The molecule has 9 heteroatoms. The summed E-state index contributed by atoms with van der Waals surface area (Å²) in [5, 5.41) is 5.27. The van der Waals surface area contributed by atoms with Crippen LogP contribution >= 0.6 is 0 Å². The third-order valence-electron chi connectivity index (χ3n) is 3.68. The molecule has 0 fully saturated rings. The summed E-state index contributed by atoms with van der Waals surface area (Å²) in [7, 11) is 1.28. The second-order valence-corrected chi connectivity index (χ2v) is 7.22. The maximum Gasteiger partial charge on any atom is 0.407 e. The van der Waals surface area contributed by atoms with E-state index in [1.54, 1.807) is 20.8 Å². The first-order valence-electron chi connectivity index (χ1n) is 9.07. The van der Waals surface area contributed by atoms with Gasteiger partial charge < -0.3 is 20.1 Å². The first-order valence-corrected chi connectivity index (χ1v) is 9.07. The fourth-order valence-corrected chi connectivity index (χ4v) is 2.32. The van der Waals surface area contributed by atoms with Gasteiger partial charge in [-0.3, -0.25) is 9.59 Å². The van der Waals surface area contributed by atoms with Gasteiger partial charge in [0.25, 0.3) is 5.91 Å². The molecular weight excluding hydrogens is 369 g/mol. The molecule has 0 saturated heterocycles. The van der Waals surface area contributed by atoms with Gasteiger partial charge in [0.1, 0.15) is 5.60 Å². The van der Waals surface area contributed by atoms with E-state index in [2.05, 4.69) is 15.6 Å². The highest BCUT2D eigenvalue weighted by Crippen LogP contribution is 2.11. The summed E-state index contributed by atoms with van der Waals surface area (Å²) in [4.78, 5) is 38.9. The third kappa shape index (κ3) is 9.29. The van der Waals surface area contributed by atoms with Crippen LogP contribution in [0.2, 0.25) is 0 Å². The average molecular weight is 397 g/mol. The lowest BCUT2D eigenvalue weighted by molar-refractivity contribution is -0.145. The number of pyridine rings is 1. The minimum absolute atomic E-state index is 0.0857. The molecule has 0 aliphatic carbocycles. The Morgan fingerprint density at radius 1 is 1.18 bits per heavy atom. The maximum absolute atomic E-state index is 12.8. The van der Waals surface area contributed by atoms with E-state index in [0.29, 0.717) is 25.8 Å². The van der Waals surface area contributed by atoms with E-state index in [0.717, 1.165) is 12.3 Å². The lowest BCUT2D eigenvalue weighted by atomic mass is 10.0. The van der Waals surface area contributed by atoms with Crippen molar-refractivity contribution in [3.8, 4) is 0 Å². The van der Waals surface area contributed by atoms with Crippen molar-refractivity contribution in [1.29, 1.82) is 0 Å². The smallest absolute Gasteiger partial charge is 0.407 e. The van der Waals surface area contributed by atoms with Crippen molar-refractivity contribution < 1.29 is 28.2 Å². The number of rotatable bonds is 9. The second-order valence-electron chi connectivity index (χ2n) is 7.22. The van der Waals surface area contributed by atoms with Crippen LogP contribution in [0.3, 0.4) is 0 Å². The Bertz CT molecular complexity index is 659. The second kappa shape index (κ2) is 11.2. The number of alkyl carbamates (subject to hydrolysis) is 1. The minimum atomic E-state index is -0.677. The molecule has 0 bridgehead atoms. The standard InChI is InChI=1S/C19H28FN3O5/c1-19(2,3)28-18(26)21-10-6-5-7-14(17(25)27-4)12-23-16(24)13-8-9-15(20)22-11-13/h8-9,11,14H,5-7,10,12H2,1-4H3,(H,21,26)(H,23,24). The van der Waals surface area contributed by atoms with Crippen LogP contribution in [0.1, 0.15) is 50.4 Å². The van der Waals surface area contributed by atoms with Gasteiger partial charge in [-0.2, -0.15) is 4.39 Å². The molecule has 0 aliphatic rings. The van der Waals surface area contributed by atoms with Crippen LogP contribution < -0.4 is 10.6 Å². The van der Waals surface area contributed by atoms with E-state index >= 15 is 0 Å². The van der Waals surface area contributed by atoms with Gasteiger partial charge in [0.15, 0.2) is 0 Å². The Morgan fingerprint density at radius 2 is 1.89 bits per heavy atom. The minimum Gasteiger partial charge on any atom is -0.469 e. The van der Waals surface area contributed by atoms with Crippen LogP contribution in [-0.2, 0) is 14.3 Å². The fourth-order valence-electron chi connectivity index (χ4n) is 2.32. The molecule has 2 N–H and O–H groups in total. The molecule has 2 amide bonds. The van der Waals surface area contributed by atoms with Crippen LogP contribution in [-0.4, -0.2) is 48.8 Å². The van der Waals surface area contributed by atoms with E-state index in [1.165, 1.54) is 13.2 Å². The van der Waals surface area contributed by atoms with E-state index in [9.17, 15) is 18.8 Å². The van der Waals surface area contributed by atoms with Crippen molar-refractivity contribution >= 4 is 18.0 Å². The van der Waals surface area contributed by atoms with Crippen molar-refractivity contribution in [2.75, 3.05) is 20.2 Å². The van der Waals surface area contributed by atoms with Crippen LogP contribution in [0.4, 0.5) is 9.18 Å². The molecule has 8 nitrogen and oxygen atoms in total. The van der Waals surface area contributed by atoms with Gasteiger partial charge in [-0.1, -0.05) is 6.42 Å². The molecule has 0 aliphatic heterocycles. The van der Waals surface area contributed by atoms with E-state index < -0.39 is 35.4 Å². The number of amides is 2. The number of ether oxygens (including phenoxy) is 2. The Balaban J connectivity index is 2.38. The van der Waals surface area contributed by atoms with Gasteiger partial charge in [-0.15, -0.1) is 0 Å². The van der Waals surface area contributed by atoms with Crippen LogP contribution in [0, 0.1) is 11.9 Å². The lowest BCUT2D eigenvalue weighted by Crippen LogP contribution is -2.34. The van der Waals surface area contributed by atoms with Gasteiger partial charge in [0.05, 0.1) is 18.6 Å². The van der Waals surface area contributed by atoms with E-state index in [4.69, 9.17) is 9.47 Å². The summed E-state index contributed by atoms with van der Waals surface area (Å²) in [5.74, 6) is -2.08. The fraction of sp³-hybridized carbons (Fsp3) is 0.579. The summed E-state index contributed by atoms with van der Waals surface area (Å²) < 4.78 is 22.7. The number of nitrogens with zero attached hydrogens (tertiary/aromatic N) is 1. The number of hydrogen-bond acceptors (Lipinski definition) is 6. The molecule has 0 saturated carbocycles. The molecule has 1 heterocycles. The average Bonchev–Trinajstić information content (AvgIpc) is 2.62. The largest absolute Gasteiger partial charge is 0.469 e. The molecule has 1 rings (SSSR count). The topological polar surface area (TPSA) is 107 Å². The Kier molecular flexibility index (Phi) is 9.34. The maximum atomic E-state index is 12.8. The molecule has 0 aromatic carbocycles. The monoisotopic (exact) mass is 397 g/mol.